The number of amides is 1. The summed E-state index contributed by atoms with van der Waals surface area (Å²) in [7, 11) is 1.74. The number of nitrogens with one attached hydrogen (secondary N) is 2. The molecule has 0 spiro atoms. The Morgan fingerprint density at radius 1 is 1.47 bits per heavy atom. The van der Waals surface area contributed by atoms with Crippen molar-refractivity contribution in [3.05, 3.63) is 0 Å². The lowest BCUT2D eigenvalue weighted by Gasteiger charge is -2.30. The van der Waals surface area contributed by atoms with E-state index in [-0.39, 0.29) is 17.4 Å². The highest BCUT2D eigenvalue weighted by Gasteiger charge is 2.34. The zero-order valence-electron chi connectivity index (χ0n) is 11.9. The molecule has 0 aromatic rings. The van der Waals surface area contributed by atoms with Gasteiger partial charge in [0.2, 0.25) is 5.91 Å². The van der Waals surface area contributed by atoms with Gasteiger partial charge in [-0.15, -0.1) is 0 Å². The summed E-state index contributed by atoms with van der Waals surface area (Å²) in [6.07, 6.45) is 5.63. The standard InChI is InChI=1S/C14H26N2O3/c1-18-8-6-14(4-2-3-5-14)11-16-13(17)12-10-15-7-9-19-12/h12,15H,2-11H2,1H3,(H,16,17). The molecule has 19 heavy (non-hydrogen) atoms. The Balaban J connectivity index is 1.79. The summed E-state index contributed by atoms with van der Waals surface area (Å²) in [6.45, 7) is 3.61. The molecule has 1 aliphatic heterocycles. The molecule has 1 unspecified atom stereocenters. The van der Waals surface area contributed by atoms with Gasteiger partial charge in [0, 0.05) is 33.4 Å². The molecule has 0 radical (unpaired) electrons. The molecule has 1 aliphatic carbocycles. The molecule has 5 heteroatoms. The molecule has 1 saturated carbocycles. The Labute approximate surface area is 115 Å². The molecule has 0 bridgehead atoms. The van der Waals surface area contributed by atoms with Crippen LogP contribution in [-0.2, 0) is 14.3 Å². The Morgan fingerprint density at radius 2 is 2.26 bits per heavy atom. The highest BCUT2D eigenvalue weighted by atomic mass is 16.5. The van der Waals surface area contributed by atoms with Crippen LogP contribution >= 0.6 is 0 Å². The van der Waals surface area contributed by atoms with Crippen molar-refractivity contribution in [3.63, 3.8) is 0 Å². The molecule has 5 nitrogen and oxygen atoms in total. The lowest BCUT2D eigenvalue weighted by molar-refractivity contribution is -0.134. The summed E-state index contributed by atoms with van der Waals surface area (Å²) in [5.74, 6) is 0.0240. The van der Waals surface area contributed by atoms with Crippen LogP contribution in [0.25, 0.3) is 0 Å². The fourth-order valence-electron chi connectivity index (χ4n) is 3.08. The van der Waals surface area contributed by atoms with Gasteiger partial charge in [-0.05, 0) is 24.7 Å². The van der Waals surface area contributed by atoms with Crippen molar-refractivity contribution in [1.82, 2.24) is 10.6 Å². The number of hydrogen-bond donors (Lipinski definition) is 2. The minimum Gasteiger partial charge on any atom is -0.385 e. The van der Waals surface area contributed by atoms with Gasteiger partial charge in [0.25, 0.3) is 0 Å². The summed E-state index contributed by atoms with van der Waals surface area (Å²) >= 11 is 0. The summed E-state index contributed by atoms with van der Waals surface area (Å²) in [5, 5.41) is 6.27. The largest absolute Gasteiger partial charge is 0.385 e. The molecule has 1 saturated heterocycles. The second kappa shape index (κ2) is 7.22. The van der Waals surface area contributed by atoms with Gasteiger partial charge in [0.1, 0.15) is 6.10 Å². The first-order valence-corrected chi connectivity index (χ1v) is 7.35. The summed E-state index contributed by atoms with van der Waals surface area (Å²) < 4.78 is 10.7. The Kier molecular flexibility index (Phi) is 5.60. The van der Waals surface area contributed by atoms with Gasteiger partial charge in [-0.1, -0.05) is 12.8 Å². The molecule has 1 heterocycles. The van der Waals surface area contributed by atoms with Gasteiger partial charge in [0.05, 0.1) is 6.61 Å². The molecule has 1 amide bonds. The van der Waals surface area contributed by atoms with E-state index in [0.29, 0.717) is 13.2 Å². The Bertz CT molecular complexity index is 284. The first kappa shape index (κ1) is 14.8. The SMILES string of the molecule is COCCC1(CNC(=O)C2CNCCO2)CCCC1. The molecule has 0 aromatic heterocycles. The van der Waals surface area contributed by atoms with Crippen LogP contribution in [0, 0.1) is 5.41 Å². The van der Waals surface area contributed by atoms with Gasteiger partial charge in [0.15, 0.2) is 0 Å². The minimum atomic E-state index is -0.324. The van der Waals surface area contributed by atoms with Crippen molar-refractivity contribution in [2.45, 2.75) is 38.2 Å². The zero-order valence-corrected chi connectivity index (χ0v) is 11.9. The third kappa shape index (κ3) is 4.16. The maximum Gasteiger partial charge on any atom is 0.250 e. The first-order valence-electron chi connectivity index (χ1n) is 7.35. The summed E-state index contributed by atoms with van der Waals surface area (Å²) in [5.41, 5.74) is 0.244. The smallest absolute Gasteiger partial charge is 0.250 e. The zero-order chi connectivity index (χ0) is 13.6. The lowest BCUT2D eigenvalue weighted by Crippen LogP contribution is -2.49. The van der Waals surface area contributed by atoms with E-state index in [1.807, 2.05) is 0 Å². The van der Waals surface area contributed by atoms with Crippen LogP contribution in [0.5, 0.6) is 0 Å². The van der Waals surface area contributed by atoms with Crippen molar-refractivity contribution in [2.75, 3.05) is 40.0 Å². The third-order valence-corrected chi connectivity index (χ3v) is 4.36. The number of carbonyl (C=O) groups excluding carboxylic acids is 1. The average Bonchev–Trinajstić information content (AvgIpc) is 2.93. The first-order chi connectivity index (χ1) is 9.26. The van der Waals surface area contributed by atoms with Crippen LogP contribution in [0.3, 0.4) is 0 Å². The second-order valence-electron chi connectivity index (χ2n) is 5.73. The predicted octanol–water partition coefficient (Wildman–Crippen LogP) is 0.688. The monoisotopic (exact) mass is 270 g/mol. The fourth-order valence-corrected chi connectivity index (χ4v) is 3.08. The van der Waals surface area contributed by atoms with Gasteiger partial charge in [-0.25, -0.2) is 0 Å². The third-order valence-electron chi connectivity index (χ3n) is 4.36. The average molecular weight is 270 g/mol. The van der Waals surface area contributed by atoms with Crippen molar-refractivity contribution < 1.29 is 14.3 Å². The molecule has 2 fully saturated rings. The van der Waals surface area contributed by atoms with Crippen molar-refractivity contribution in [1.29, 1.82) is 0 Å². The van der Waals surface area contributed by atoms with E-state index in [1.165, 1.54) is 25.7 Å². The van der Waals surface area contributed by atoms with E-state index in [9.17, 15) is 4.79 Å². The van der Waals surface area contributed by atoms with Crippen molar-refractivity contribution in [3.8, 4) is 0 Å². The van der Waals surface area contributed by atoms with Crippen LogP contribution in [0.15, 0.2) is 0 Å². The lowest BCUT2D eigenvalue weighted by atomic mass is 9.83. The second-order valence-corrected chi connectivity index (χ2v) is 5.73. The molecule has 0 aromatic carbocycles. The predicted molar refractivity (Wildman–Crippen MR) is 73.0 cm³/mol. The van der Waals surface area contributed by atoms with Crippen LogP contribution < -0.4 is 10.6 Å². The topological polar surface area (TPSA) is 59.6 Å². The number of morpholine rings is 1. The van der Waals surface area contributed by atoms with Gasteiger partial charge in [-0.3, -0.25) is 4.79 Å². The van der Waals surface area contributed by atoms with E-state index >= 15 is 0 Å². The Hall–Kier alpha value is -0.650. The number of methoxy groups -OCH3 is 1. The van der Waals surface area contributed by atoms with E-state index < -0.39 is 0 Å². The molecular weight excluding hydrogens is 244 g/mol. The van der Waals surface area contributed by atoms with Crippen LogP contribution in [0.1, 0.15) is 32.1 Å². The quantitative estimate of drug-likeness (QED) is 0.745. The van der Waals surface area contributed by atoms with Crippen LogP contribution in [-0.4, -0.2) is 52.0 Å². The maximum atomic E-state index is 12.1. The van der Waals surface area contributed by atoms with Crippen LogP contribution in [0.4, 0.5) is 0 Å². The van der Waals surface area contributed by atoms with Gasteiger partial charge >= 0.3 is 0 Å². The van der Waals surface area contributed by atoms with Crippen molar-refractivity contribution in [2.24, 2.45) is 5.41 Å². The Morgan fingerprint density at radius 3 is 2.89 bits per heavy atom. The highest BCUT2D eigenvalue weighted by molar-refractivity contribution is 5.81. The van der Waals surface area contributed by atoms with E-state index in [1.54, 1.807) is 7.11 Å². The van der Waals surface area contributed by atoms with E-state index in [4.69, 9.17) is 9.47 Å². The summed E-state index contributed by atoms with van der Waals surface area (Å²) in [6, 6.07) is 0. The maximum absolute atomic E-state index is 12.1. The number of ether oxygens (including phenoxy) is 2. The number of carbonyl (C=O) groups is 1. The van der Waals surface area contributed by atoms with E-state index in [0.717, 1.165) is 26.1 Å². The molecule has 2 N–H and O–H groups in total. The van der Waals surface area contributed by atoms with E-state index in [2.05, 4.69) is 10.6 Å². The molecule has 110 valence electrons. The molecular formula is C14H26N2O3. The molecule has 2 rings (SSSR count). The minimum absolute atomic E-state index is 0.0240. The molecule has 1 atom stereocenters. The van der Waals surface area contributed by atoms with Crippen LogP contribution in [0.2, 0.25) is 0 Å². The van der Waals surface area contributed by atoms with Crippen molar-refractivity contribution >= 4 is 5.91 Å². The molecule has 2 aliphatic rings. The fraction of sp³-hybridized carbons (Fsp3) is 0.929. The number of rotatable bonds is 6. The normalized spacial score (nSPS) is 26.3. The van der Waals surface area contributed by atoms with Gasteiger partial charge < -0.3 is 20.1 Å². The summed E-state index contributed by atoms with van der Waals surface area (Å²) in [4.78, 5) is 12.1. The van der Waals surface area contributed by atoms with Gasteiger partial charge in [-0.2, -0.15) is 0 Å². The number of hydrogen-bond acceptors (Lipinski definition) is 4. The highest BCUT2D eigenvalue weighted by Crippen LogP contribution is 2.40.